The molecule has 1 aliphatic heterocycles. The van der Waals surface area contributed by atoms with Crippen LogP contribution >= 0.6 is 11.6 Å². The first-order valence-corrected chi connectivity index (χ1v) is 6.42. The Kier molecular flexibility index (Phi) is 3.21. The molecule has 0 atom stereocenters. The van der Waals surface area contributed by atoms with E-state index in [4.69, 9.17) is 16.3 Å². The van der Waals surface area contributed by atoms with Crippen molar-refractivity contribution in [3.63, 3.8) is 0 Å². The van der Waals surface area contributed by atoms with E-state index < -0.39 is 0 Å². The lowest BCUT2D eigenvalue weighted by Crippen LogP contribution is -2.14. The smallest absolute Gasteiger partial charge is 0.161 e. The molecule has 1 aromatic heterocycles. The molecule has 0 amide bonds. The largest absolute Gasteiger partial charge is 0.376 e. The zero-order valence-corrected chi connectivity index (χ0v) is 11.2. The van der Waals surface area contributed by atoms with Gasteiger partial charge in [-0.05, 0) is 18.6 Å². The maximum atomic E-state index is 13.6. The summed E-state index contributed by atoms with van der Waals surface area (Å²) in [7, 11) is 0. The number of ether oxygens (including phenoxy) is 1. The van der Waals surface area contributed by atoms with Crippen molar-refractivity contribution in [3.8, 4) is 11.4 Å². The van der Waals surface area contributed by atoms with Crippen molar-refractivity contribution in [2.75, 3.05) is 6.61 Å². The predicted molar refractivity (Wildman–Crippen MR) is 70.5 cm³/mol. The van der Waals surface area contributed by atoms with Crippen LogP contribution in [0, 0.1) is 12.7 Å². The molecule has 1 aliphatic rings. The molecule has 98 valence electrons. The highest BCUT2D eigenvalue weighted by atomic mass is 35.5. The van der Waals surface area contributed by atoms with Gasteiger partial charge in [-0.25, -0.2) is 14.4 Å². The van der Waals surface area contributed by atoms with Crippen LogP contribution in [0.5, 0.6) is 0 Å². The Morgan fingerprint density at radius 2 is 2.16 bits per heavy atom. The molecule has 0 unspecified atom stereocenters. The van der Waals surface area contributed by atoms with E-state index in [1.165, 1.54) is 6.07 Å². The fourth-order valence-electron chi connectivity index (χ4n) is 2.05. The first kappa shape index (κ1) is 12.5. The second kappa shape index (κ2) is 4.87. The van der Waals surface area contributed by atoms with Crippen molar-refractivity contribution in [1.82, 2.24) is 9.97 Å². The molecular formula is C14H12ClFN2O. The molecule has 0 radical (unpaired) electrons. The van der Waals surface area contributed by atoms with Crippen molar-refractivity contribution in [3.05, 3.63) is 46.0 Å². The molecule has 2 heterocycles. The SMILES string of the molecule is Cc1ccc(-c2nc(Cl)c3c(n2)CCOC3)cc1F. The van der Waals surface area contributed by atoms with Crippen molar-refractivity contribution >= 4 is 11.6 Å². The maximum Gasteiger partial charge on any atom is 0.161 e. The van der Waals surface area contributed by atoms with Gasteiger partial charge in [0.05, 0.1) is 18.9 Å². The number of fused-ring (bicyclic) bond motifs is 1. The van der Waals surface area contributed by atoms with Gasteiger partial charge >= 0.3 is 0 Å². The second-order valence-electron chi connectivity index (χ2n) is 4.53. The highest BCUT2D eigenvalue weighted by Gasteiger charge is 2.18. The zero-order chi connectivity index (χ0) is 13.4. The minimum atomic E-state index is -0.265. The van der Waals surface area contributed by atoms with Gasteiger partial charge in [0.25, 0.3) is 0 Å². The maximum absolute atomic E-state index is 13.6. The van der Waals surface area contributed by atoms with Gasteiger partial charge in [0, 0.05) is 17.5 Å². The number of aromatic nitrogens is 2. The first-order valence-electron chi connectivity index (χ1n) is 6.04. The average molecular weight is 279 g/mol. The molecule has 3 rings (SSSR count). The molecule has 3 nitrogen and oxygen atoms in total. The molecule has 2 aromatic rings. The molecule has 5 heteroatoms. The zero-order valence-electron chi connectivity index (χ0n) is 10.4. The van der Waals surface area contributed by atoms with Crippen LogP contribution in [-0.4, -0.2) is 16.6 Å². The number of hydrogen-bond donors (Lipinski definition) is 0. The van der Waals surface area contributed by atoms with Gasteiger partial charge < -0.3 is 4.74 Å². The van der Waals surface area contributed by atoms with E-state index in [0.29, 0.717) is 41.7 Å². The average Bonchev–Trinajstić information content (AvgIpc) is 2.42. The van der Waals surface area contributed by atoms with Crippen molar-refractivity contribution in [2.45, 2.75) is 20.0 Å². The summed E-state index contributed by atoms with van der Waals surface area (Å²) in [6.07, 6.45) is 0.707. The van der Waals surface area contributed by atoms with Crippen LogP contribution in [0.3, 0.4) is 0 Å². The number of rotatable bonds is 1. The van der Waals surface area contributed by atoms with Crippen LogP contribution in [0.1, 0.15) is 16.8 Å². The summed E-state index contributed by atoms with van der Waals surface area (Å²) >= 11 is 6.14. The Bertz CT molecular complexity index is 646. The molecule has 0 N–H and O–H groups in total. The summed E-state index contributed by atoms with van der Waals surface area (Å²) in [5, 5.41) is 0.390. The number of aryl methyl sites for hydroxylation is 1. The molecule has 0 fully saturated rings. The topological polar surface area (TPSA) is 35.0 Å². The summed E-state index contributed by atoms with van der Waals surface area (Å²) < 4.78 is 18.9. The van der Waals surface area contributed by atoms with Gasteiger partial charge in [0.15, 0.2) is 5.82 Å². The van der Waals surface area contributed by atoms with E-state index in [1.54, 1.807) is 19.1 Å². The van der Waals surface area contributed by atoms with Crippen LogP contribution in [-0.2, 0) is 17.8 Å². The minimum Gasteiger partial charge on any atom is -0.376 e. The van der Waals surface area contributed by atoms with Crippen LogP contribution in [0.2, 0.25) is 5.15 Å². The van der Waals surface area contributed by atoms with E-state index >= 15 is 0 Å². The summed E-state index contributed by atoms with van der Waals surface area (Å²) in [6.45, 7) is 2.79. The second-order valence-corrected chi connectivity index (χ2v) is 4.89. The van der Waals surface area contributed by atoms with Gasteiger partial charge in [-0.2, -0.15) is 0 Å². The van der Waals surface area contributed by atoms with Gasteiger partial charge in [-0.3, -0.25) is 0 Å². The number of hydrogen-bond acceptors (Lipinski definition) is 3. The van der Waals surface area contributed by atoms with Gasteiger partial charge in [-0.1, -0.05) is 23.7 Å². The molecule has 0 spiro atoms. The summed E-state index contributed by atoms with van der Waals surface area (Å²) in [4.78, 5) is 8.71. The fourth-order valence-corrected chi connectivity index (χ4v) is 2.30. The van der Waals surface area contributed by atoms with E-state index in [2.05, 4.69) is 9.97 Å². The molecule has 19 heavy (non-hydrogen) atoms. The summed E-state index contributed by atoms with van der Waals surface area (Å²) in [5.41, 5.74) is 2.96. The third-order valence-corrected chi connectivity index (χ3v) is 3.51. The standard InChI is InChI=1S/C14H12ClFN2O/c1-8-2-3-9(6-11(8)16)14-17-12-4-5-19-7-10(12)13(15)18-14/h2-3,6H,4-5,7H2,1H3. The lowest BCUT2D eigenvalue weighted by molar-refractivity contribution is 0.109. The Labute approximate surface area is 115 Å². The summed E-state index contributed by atoms with van der Waals surface area (Å²) in [6, 6.07) is 4.95. The number of halogens is 2. The van der Waals surface area contributed by atoms with Gasteiger partial charge in [0.1, 0.15) is 11.0 Å². The summed E-state index contributed by atoms with van der Waals surface area (Å²) in [5.74, 6) is 0.197. The van der Waals surface area contributed by atoms with Gasteiger partial charge in [-0.15, -0.1) is 0 Å². The molecular weight excluding hydrogens is 267 g/mol. The Morgan fingerprint density at radius 3 is 2.95 bits per heavy atom. The first-order chi connectivity index (χ1) is 9.15. The normalized spacial score (nSPS) is 14.3. The number of nitrogens with zero attached hydrogens (tertiary/aromatic N) is 2. The van der Waals surface area contributed by atoms with Crippen LogP contribution in [0.4, 0.5) is 4.39 Å². The predicted octanol–water partition coefficient (Wildman–Crippen LogP) is 3.32. The van der Waals surface area contributed by atoms with Crippen molar-refractivity contribution < 1.29 is 9.13 Å². The van der Waals surface area contributed by atoms with Crippen LogP contribution in [0.15, 0.2) is 18.2 Å². The van der Waals surface area contributed by atoms with Crippen molar-refractivity contribution in [1.29, 1.82) is 0 Å². The third-order valence-electron chi connectivity index (χ3n) is 3.20. The lowest BCUT2D eigenvalue weighted by atomic mass is 10.1. The van der Waals surface area contributed by atoms with E-state index in [0.717, 1.165) is 11.3 Å². The minimum absolute atomic E-state index is 0.265. The molecule has 0 saturated heterocycles. The van der Waals surface area contributed by atoms with Crippen molar-refractivity contribution in [2.24, 2.45) is 0 Å². The molecule has 0 bridgehead atoms. The van der Waals surface area contributed by atoms with E-state index in [1.807, 2.05) is 0 Å². The van der Waals surface area contributed by atoms with Crippen LogP contribution < -0.4 is 0 Å². The molecule has 1 aromatic carbocycles. The van der Waals surface area contributed by atoms with Gasteiger partial charge in [0.2, 0.25) is 0 Å². The Morgan fingerprint density at radius 1 is 1.32 bits per heavy atom. The Balaban J connectivity index is 2.10. The highest BCUT2D eigenvalue weighted by Crippen LogP contribution is 2.26. The van der Waals surface area contributed by atoms with E-state index in [9.17, 15) is 4.39 Å². The quantitative estimate of drug-likeness (QED) is 0.751. The highest BCUT2D eigenvalue weighted by molar-refractivity contribution is 6.30. The Hall–Kier alpha value is -1.52. The monoisotopic (exact) mass is 278 g/mol. The lowest BCUT2D eigenvalue weighted by Gasteiger charge is -2.17. The van der Waals surface area contributed by atoms with Crippen LogP contribution in [0.25, 0.3) is 11.4 Å². The number of benzene rings is 1. The third kappa shape index (κ3) is 2.33. The van der Waals surface area contributed by atoms with E-state index in [-0.39, 0.29) is 5.82 Å². The fraction of sp³-hybridized carbons (Fsp3) is 0.286. The molecule has 0 aliphatic carbocycles. The molecule has 0 saturated carbocycles.